The van der Waals surface area contributed by atoms with Gasteiger partial charge in [-0.25, -0.2) is 14.6 Å². The lowest BCUT2D eigenvalue weighted by atomic mass is 10.3. The summed E-state index contributed by atoms with van der Waals surface area (Å²) < 4.78 is 39.3. The molecule has 4 rings (SSSR count). The highest BCUT2D eigenvalue weighted by atomic mass is 32.2. The van der Waals surface area contributed by atoms with Crippen molar-refractivity contribution >= 4 is 28.6 Å². The molecule has 3 heterocycles. The Bertz CT molecular complexity index is 859. The highest BCUT2D eigenvalue weighted by Gasteiger charge is 2.40. The number of nitrogens with one attached hydrogen (secondary N) is 1. The topological polar surface area (TPSA) is 68.5 Å². The minimum Gasteiger partial charge on any atom is -0.271 e. The molecule has 1 aromatic carbocycles. The van der Waals surface area contributed by atoms with Gasteiger partial charge < -0.3 is 0 Å². The van der Waals surface area contributed by atoms with E-state index in [1.807, 2.05) is 6.07 Å². The van der Waals surface area contributed by atoms with Gasteiger partial charge in [0.1, 0.15) is 5.03 Å². The van der Waals surface area contributed by atoms with Gasteiger partial charge in [0.25, 0.3) is 5.82 Å². The molecule has 0 atom stereocenters. The van der Waals surface area contributed by atoms with Gasteiger partial charge in [0, 0.05) is 0 Å². The lowest BCUT2D eigenvalue weighted by Crippen LogP contribution is -2.24. The Morgan fingerprint density at radius 2 is 1.76 bits per heavy atom. The molecule has 2 aromatic heterocycles. The molecule has 106 valence electrons. The fourth-order valence-corrected chi connectivity index (χ4v) is 2.75. The summed E-state index contributed by atoms with van der Waals surface area (Å²) in [5.74, 6) is -0.873. The molecule has 0 saturated carbocycles. The molecule has 1 aliphatic rings. The number of benzene rings is 1. The molecule has 1 N–H and O–H groups in total. The van der Waals surface area contributed by atoms with Gasteiger partial charge >= 0.3 is 6.18 Å². The largest absolute Gasteiger partial charge is 0.453 e. The second kappa shape index (κ2) is 4.07. The molecule has 0 saturated heterocycles. The zero-order chi connectivity index (χ0) is 14.6. The molecule has 0 unspecified atom stereocenters. The van der Waals surface area contributed by atoms with Crippen molar-refractivity contribution in [2.24, 2.45) is 0 Å². The van der Waals surface area contributed by atoms with Crippen molar-refractivity contribution in [1.29, 1.82) is 0 Å². The van der Waals surface area contributed by atoms with E-state index in [9.17, 15) is 13.2 Å². The highest BCUT2D eigenvalue weighted by molar-refractivity contribution is 7.99. The van der Waals surface area contributed by atoms with Crippen molar-refractivity contribution in [3.63, 3.8) is 0 Å². The minimum atomic E-state index is -4.60. The van der Waals surface area contributed by atoms with Crippen LogP contribution in [0.2, 0.25) is 0 Å². The van der Waals surface area contributed by atoms with E-state index < -0.39 is 12.0 Å². The monoisotopic (exact) mass is 310 g/mol. The van der Waals surface area contributed by atoms with Crippen LogP contribution in [0, 0.1) is 0 Å². The quantitative estimate of drug-likeness (QED) is 0.538. The summed E-state index contributed by atoms with van der Waals surface area (Å²) in [6, 6.07) is 7.12. The molecule has 10 heteroatoms. The lowest BCUT2D eigenvalue weighted by molar-refractivity contribution is -0.147. The predicted octanol–water partition coefficient (Wildman–Crippen LogP) is 2.58. The standard InChI is InChI=1S/C11H5F3N6S/c12-11(13,14)9-17-18-10-20(9)19-7-8(21-10)16-6-4-2-1-3-5(6)15-7/h1-4H,(H,15,19). The fourth-order valence-electron chi connectivity index (χ4n) is 1.94. The predicted molar refractivity (Wildman–Crippen MR) is 67.7 cm³/mol. The molecule has 3 aromatic rings. The first-order valence-corrected chi connectivity index (χ1v) is 6.58. The summed E-state index contributed by atoms with van der Waals surface area (Å²) in [7, 11) is 0. The minimum absolute atomic E-state index is 0.0689. The van der Waals surface area contributed by atoms with E-state index in [-0.39, 0.29) is 11.0 Å². The van der Waals surface area contributed by atoms with Crippen LogP contribution in [0.3, 0.4) is 0 Å². The average molecular weight is 310 g/mol. The summed E-state index contributed by atoms with van der Waals surface area (Å²) >= 11 is 0.988. The summed E-state index contributed by atoms with van der Waals surface area (Å²) in [6.07, 6.45) is -4.60. The first-order valence-electron chi connectivity index (χ1n) is 5.77. The van der Waals surface area contributed by atoms with Gasteiger partial charge in [0.05, 0.1) is 11.0 Å². The molecule has 0 spiro atoms. The van der Waals surface area contributed by atoms with Gasteiger partial charge in [0.15, 0.2) is 5.82 Å². The third-order valence-electron chi connectivity index (χ3n) is 2.83. The molecule has 0 amide bonds. The Balaban J connectivity index is 1.86. The van der Waals surface area contributed by atoms with Crippen LogP contribution in [0.25, 0.3) is 11.0 Å². The maximum absolute atomic E-state index is 12.8. The second-order valence-electron chi connectivity index (χ2n) is 4.22. The number of anilines is 1. The zero-order valence-corrected chi connectivity index (χ0v) is 10.9. The van der Waals surface area contributed by atoms with Crippen LogP contribution in [0.1, 0.15) is 5.82 Å². The van der Waals surface area contributed by atoms with Crippen LogP contribution in [0.4, 0.5) is 19.0 Å². The molecule has 0 fully saturated rings. The third-order valence-corrected chi connectivity index (χ3v) is 3.76. The lowest BCUT2D eigenvalue weighted by Gasteiger charge is -2.19. The van der Waals surface area contributed by atoms with Crippen molar-refractivity contribution in [3.05, 3.63) is 30.1 Å². The van der Waals surface area contributed by atoms with E-state index in [1.165, 1.54) is 0 Å². The van der Waals surface area contributed by atoms with Crippen LogP contribution in [0.5, 0.6) is 0 Å². The summed E-state index contributed by atoms with van der Waals surface area (Å²) in [4.78, 5) is 8.64. The van der Waals surface area contributed by atoms with Crippen molar-refractivity contribution in [1.82, 2.24) is 24.8 Å². The molecule has 0 bridgehead atoms. The van der Waals surface area contributed by atoms with Crippen LogP contribution < -0.4 is 5.43 Å². The van der Waals surface area contributed by atoms with Gasteiger partial charge in [-0.2, -0.15) is 13.2 Å². The van der Waals surface area contributed by atoms with Crippen molar-refractivity contribution < 1.29 is 13.2 Å². The number of hydrogen-bond acceptors (Lipinski definition) is 6. The number of rotatable bonds is 0. The highest BCUT2D eigenvalue weighted by Crippen LogP contribution is 2.38. The maximum Gasteiger partial charge on any atom is 0.453 e. The van der Waals surface area contributed by atoms with E-state index in [0.717, 1.165) is 16.4 Å². The first kappa shape index (κ1) is 12.4. The van der Waals surface area contributed by atoms with Crippen molar-refractivity contribution in [2.75, 3.05) is 5.43 Å². The van der Waals surface area contributed by atoms with Gasteiger partial charge in [0.2, 0.25) is 5.16 Å². The van der Waals surface area contributed by atoms with Crippen molar-refractivity contribution in [2.45, 2.75) is 16.4 Å². The number of hydrogen-bond donors (Lipinski definition) is 1. The number of nitrogens with zero attached hydrogens (tertiary/aromatic N) is 5. The number of para-hydroxylation sites is 2. The number of aromatic nitrogens is 5. The van der Waals surface area contributed by atoms with E-state index in [1.54, 1.807) is 18.2 Å². The molecule has 6 nitrogen and oxygen atoms in total. The summed E-state index contributed by atoms with van der Waals surface area (Å²) in [5, 5.41) is 7.23. The molecular weight excluding hydrogens is 305 g/mol. The SMILES string of the molecule is FC(F)(F)c1nnc2n1Nc1nc3ccccc3nc1S2. The Morgan fingerprint density at radius 1 is 1.05 bits per heavy atom. The summed E-state index contributed by atoms with van der Waals surface area (Å²) in [5.41, 5.74) is 3.82. The first-order chi connectivity index (χ1) is 10.0. The number of fused-ring (bicyclic) bond motifs is 3. The molecule has 0 aliphatic carbocycles. The van der Waals surface area contributed by atoms with Gasteiger partial charge in [-0.05, 0) is 23.9 Å². The van der Waals surface area contributed by atoms with E-state index >= 15 is 0 Å². The Hall–Kier alpha value is -2.36. The van der Waals surface area contributed by atoms with Gasteiger partial charge in [-0.3, -0.25) is 5.43 Å². The molecular formula is C11H5F3N6S. The van der Waals surface area contributed by atoms with E-state index in [0.29, 0.717) is 16.1 Å². The van der Waals surface area contributed by atoms with Crippen LogP contribution in [-0.2, 0) is 6.18 Å². The van der Waals surface area contributed by atoms with Crippen LogP contribution in [-0.4, -0.2) is 24.8 Å². The molecule has 21 heavy (non-hydrogen) atoms. The van der Waals surface area contributed by atoms with Crippen LogP contribution >= 0.6 is 11.8 Å². The Kier molecular flexibility index (Phi) is 2.40. The average Bonchev–Trinajstić information content (AvgIpc) is 2.85. The van der Waals surface area contributed by atoms with Gasteiger partial charge in [-0.15, -0.1) is 10.2 Å². The van der Waals surface area contributed by atoms with Crippen LogP contribution in [0.15, 0.2) is 34.4 Å². The molecule has 1 aliphatic heterocycles. The second-order valence-corrected chi connectivity index (χ2v) is 5.18. The van der Waals surface area contributed by atoms with E-state index in [4.69, 9.17) is 0 Å². The Morgan fingerprint density at radius 3 is 2.48 bits per heavy atom. The third kappa shape index (κ3) is 1.90. The fraction of sp³-hybridized carbons (Fsp3) is 0.0909. The number of alkyl halides is 3. The van der Waals surface area contributed by atoms with E-state index in [2.05, 4.69) is 25.6 Å². The Labute approximate surface area is 119 Å². The van der Waals surface area contributed by atoms with Crippen molar-refractivity contribution in [3.8, 4) is 0 Å². The molecule has 0 radical (unpaired) electrons. The smallest absolute Gasteiger partial charge is 0.271 e. The number of halogens is 3. The van der Waals surface area contributed by atoms with Gasteiger partial charge in [-0.1, -0.05) is 12.1 Å². The maximum atomic E-state index is 12.8. The summed E-state index contributed by atoms with van der Waals surface area (Å²) in [6.45, 7) is 0. The normalized spacial score (nSPS) is 13.7. The zero-order valence-electron chi connectivity index (χ0n) is 10.1.